The highest BCUT2D eigenvalue weighted by molar-refractivity contribution is 5.92. The van der Waals surface area contributed by atoms with Crippen molar-refractivity contribution in [2.75, 3.05) is 18.8 Å². The molecule has 2 amide bonds. The molecule has 0 aliphatic carbocycles. The zero-order valence-corrected chi connectivity index (χ0v) is 19.0. The summed E-state index contributed by atoms with van der Waals surface area (Å²) in [6.45, 7) is 4.89. The minimum atomic E-state index is -1.30. The van der Waals surface area contributed by atoms with Gasteiger partial charge < -0.3 is 16.8 Å². The molecule has 7 nitrogen and oxygen atoms in total. The second kappa shape index (κ2) is 10.2. The number of hydrogen-bond acceptors (Lipinski definition) is 5. The summed E-state index contributed by atoms with van der Waals surface area (Å²) in [4.78, 5) is 32.4. The molecule has 0 radical (unpaired) electrons. The fourth-order valence-electron chi connectivity index (χ4n) is 4.46. The molecule has 5 N–H and O–H groups in total. The number of likely N-dealkylation sites (tertiary alicyclic amines) is 1. The van der Waals surface area contributed by atoms with Crippen LogP contribution in [0, 0.1) is 24.5 Å². The lowest BCUT2D eigenvalue weighted by molar-refractivity contribution is -0.143. The normalized spacial score (nSPS) is 17.2. The Morgan fingerprint density at radius 3 is 2.45 bits per heavy atom. The molecule has 178 valence electrons. The number of nitrogens with one attached hydrogen (secondary N) is 1. The molecule has 0 saturated carbocycles. The number of pyridine rings is 1. The topological polar surface area (TPSA) is 114 Å². The Balaban J connectivity index is 1.92. The fraction of sp³-hybridized carbons (Fsp3) is 0.458. The number of aryl methyl sites for hydroxylation is 1. The van der Waals surface area contributed by atoms with Crippen LogP contribution in [0.4, 0.5) is 14.6 Å². The Kier molecular flexibility index (Phi) is 7.63. The van der Waals surface area contributed by atoms with E-state index in [1.165, 1.54) is 6.07 Å². The Morgan fingerprint density at radius 1 is 1.15 bits per heavy atom. The number of amides is 2. The molecule has 9 heteroatoms. The standard InChI is InChI=1S/C24H31F2N5O2/c1-15-17(7-9-21(27)30-15)14-29-22(32)18(12-16-6-8-19(25)20(26)13-16)24(2,23(28)33)31-10-4-3-5-11-31/h6-9,13,18H,3-5,10-12,14H2,1-2H3,(H2,27,30)(H2,28,33)(H,29,32)/t18-,24?/m1/s1. The number of benzene rings is 1. The second-order valence-corrected chi connectivity index (χ2v) is 8.76. The van der Waals surface area contributed by atoms with Crippen LogP contribution >= 0.6 is 0 Å². The number of anilines is 1. The van der Waals surface area contributed by atoms with E-state index in [2.05, 4.69) is 10.3 Å². The van der Waals surface area contributed by atoms with Crippen molar-refractivity contribution >= 4 is 17.6 Å². The van der Waals surface area contributed by atoms with Crippen LogP contribution in [0.1, 0.15) is 43.0 Å². The van der Waals surface area contributed by atoms with Crippen LogP contribution < -0.4 is 16.8 Å². The Labute approximate surface area is 192 Å². The van der Waals surface area contributed by atoms with E-state index >= 15 is 0 Å². The summed E-state index contributed by atoms with van der Waals surface area (Å²) in [6, 6.07) is 6.92. The number of carbonyl (C=O) groups is 2. The van der Waals surface area contributed by atoms with Gasteiger partial charge in [0.25, 0.3) is 0 Å². The zero-order chi connectivity index (χ0) is 24.2. The average molecular weight is 460 g/mol. The molecule has 2 aromatic rings. The van der Waals surface area contributed by atoms with E-state index in [1.54, 1.807) is 26.0 Å². The van der Waals surface area contributed by atoms with Crippen LogP contribution in [0.5, 0.6) is 0 Å². The number of rotatable bonds is 8. The fourth-order valence-corrected chi connectivity index (χ4v) is 4.46. The summed E-state index contributed by atoms with van der Waals surface area (Å²) in [7, 11) is 0. The molecule has 1 fully saturated rings. The number of nitrogen functional groups attached to an aromatic ring is 1. The lowest BCUT2D eigenvalue weighted by atomic mass is 9.77. The van der Waals surface area contributed by atoms with Crippen molar-refractivity contribution in [1.82, 2.24) is 15.2 Å². The van der Waals surface area contributed by atoms with Gasteiger partial charge in [-0.3, -0.25) is 14.5 Å². The monoisotopic (exact) mass is 459 g/mol. The van der Waals surface area contributed by atoms with Gasteiger partial charge in [-0.2, -0.15) is 0 Å². The summed E-state index contributed by atoms with van der Waals surface area (Å²) in [6.07, 6.45) is 2.84. The van der Waals surface area contributed by atoms with Gasteiger partial charge in [-0.1, -0.05) is 18.6 Å². The molecular formula is C24H31F2N5O2. The van der Waals surface area contributed by atoms with Crippen LogP contribution in [0.25, 0.3) is 0 Å². The number of hydrogen-bond donors (Lipinski definition) is 3. The number of halogens is 2. The van der Waals surface area contributed by atoms with Crippen LogP contribution in [0.2, 0.25) is 0 Å². The average Bonchev–Trinajstić information content (AvgIpc) is 2.79. The quantitative estimate of drug-likeness (QED) is 0.561. The lowest BCUT2D eigenvalue weighted by Gasteiger charge is -2.45. The first kappa shape index (κ1) is 24.6. The minimum Gasteiger partial charge on any atom is -0.384 e. The first-order valence-corrected chi connectivity index (χ1v) is 11.1. The molecule has 1 aromatic heterocycles. The predicted octanol–water partition coefficient (Wildman–Crippen LogP) is 2.46. The van der Waals surface area contributed by atoms with Crippen LogP contribution in [-0.4, -0.2) is 40.3 Å². The van der Waals surface area contributed by atoms with E-state index in [4.69, 9.17) is 11.5 Å². The van der Waals surface area contributed by atoms with Crippen molar-refractivity contribution in [2.45, 2.75) is 51.6 Å². The highest BCUT2D eigenvalue weighted by Crippen LogP contribution is 2.32. The van der Waals surface area contributed by atoms with Crippen molar-refractivity contribution in [2.24, 2.45) is 11.7 Å². The van der Waals surface area contributed by atoms with Gasteiger partial charge in [-0.15, -0.1) is 0 Å². The van der Waals surface area contributed by atoms with E-state index in [1.807, 2.05) is 4.90 Å². The Hall–Kier alpha value is -3.07. The SMILES string of the molecule is Cc1nc(N)ccc1CNC(=O)[C@@H](Cc1ccc(F)c(F)c1)C(C)(C(N)=O)N1CCCCC1. The van der Waals surface area contributed by atoms with Crippen molar-refractivity contribution < 1.29 is 18.4 Å². The number of nitrogens with two attached hydrogens (primary N) is 2. The molecule has 1 aliphatic rings. The minimum absolute atomic E-state index is 0.0257. The first-order valence-electron chi connectivity index (χ1n) is 11.1. The van der Waals surface area contributed by atoms with E-state index in [-0.39, 0.29) is 13.0 Å². The highest BCUT2D eigenvalue weighted by Gasteiger charge is 2.48. The summed E-state index contributed by atoms with van der Waals surface area (Å²) in [5.74, 6) is -3.54. The van der Waals surface area contributed by atoms with E-state index in [0.717, 1.165) is 37.0 Å². The van der Waals surface area contributed by atoms with Crippen molar-refractivity contribution in [3.05, 3.63) is 58.8 Å². The molecule has 1 unspecified atom stereocenters. The van der Waals surface area contributed by atoms with Gasteiger partial charge in [0, 0.05) is 12.2 Å². The lowest BCUT2D eigenvalue weighted by Crippen LogP contribution is -2.64. The largest absolute Gasteiger partial charge is 0.384 e. The third-order valence-electron chi connectivity index (χ3n) is 6.60. The van der Waals surface area contributed by atoms with Gasteiger partial charge in [-0.25, -0.2) is 13.8 Å². The third-order valence-corrected chi connectivity index (χ3v) is 6.60. The molecule has 0 spiro atoms. The van der Waals surface area contributed by atoms with Crippen molar-refractivity contribution in [3.63, 3.8) is 0 Å². The maximum Gasteiger partial charge on any atom is 0.238 e. The molecule has 2 heterocycles. The molecule has 33 heavy (non-hydrogen) atoms. The molecule has 2 atom stereocenters. The third kappa shape index (κ3) is 5.47. The summed E-state index contributed by atoms with van der Waals surface area (Å²) in [5.41, 5.74) is 12.1. The van der Waals surface area contributed by atoms with Crippen LogP contribution in [-0.2, 0) is 22.6 Å². The number of primary amides is 1. The summed E-state index contributed by atoms with van der Waals surface area (Å²) in [5, 5.41) is 2.88. The molecule has 1 aliphatic heterocycles. The molecule has 1 aromatic carbocycles. The molecule has 1 saturated heterocycles. The number of aromatic nitrogens is 1. The second-order valence-electron chi connectivity index (χ2n) is 8.76. The number of nitrogens with zero attached hydrogens (tertiary/aromatic N) is 2. The molecule has 3 rings (SSSR count). The van der Waals surface area contributed by atoms with Gasteiger partial charge in [0.05, 0.1) is 5.92 Å². The van der Waals surface area contributed by atoms with Gasteiger partial charge in [0.1, 0.15) is 11.4 Å². The molecular weight excluding hydrogens is 428 g/mol. The number of piperidine rings is 1. The maximum atomic E-state index is 13.9. The summed E-state index contributed by atoms with van der Waals surface area (Å²) < 4.78 is 27.4. The van der Waals surface area contributed by atoms with Crippen LogP contribution in [0.15, 0.2) is 30.3 Å². The van der Waals surface area contributed by atoms with Gasteiger partial charge in [-0.05, 0) is 75.5 Å². The number of carbonyl (C=O) groups excluding carboxylic acids is 2. The van der Waals surface area contributed by atoms with Crippen molar-refractivity contribution in [1.29, 1.82) is 0 Å². The Bertz CT molecular complexity index is 1030. The zero-order valence-electron chi connectivity index (χ0n) is 19.0. The maximum absolute atomic E-state index is 13.9. The van der Waals surface area contributed by atoms with Crippen molar-refractivity contribution in [3.8, 4) is 0 Å². The van der Waals surface area contributed by atoms with Gasteiger partial charge in [0.15, 0.2) is 11.6 Å². The van der Waals surface area contributed by atoms with Gasteiger partial charge in [0.2, 0.25) is 11.8 Å². The van der Waals surface area contributed by atoms with Gasteiger partial charge >= 0.3 is 0 Å². The van der Waals surface area contributed by atoms with E-state index in [0.29, 0.717) is 30.2 Å². The Morgan fingerprint density at radius 2 is 1.85 bits per heavy atom. The first-order chi connectivity index (χ1) is 15.6. The van der Waals surface area contributed by atoms with Crippen LogP contribution in [0.3, 0.4) is 0 Å². The summed E-state index contributed by atoms with van der Waals surface area (Å²) >= 11 is 0. The predicted molar refractivity (Wildman–Crippen MR) is 122 cm³/mol. The van der Waals surface area contributed by atoms with E-state index in [9.17, 15) is 18.4 Å². The van der Waals surface area contributed by atoms with E-state index < -0.39 is 34.9 Å². The highest BCUT2D eigenvalue weighted by atomic mass is 19.2. The molecule has 0 bridgehead atoms. The smallest absolute Gasteiger partial charge is 0.238 e.